The number of hydrogen-bond donors (Lipinski definition) is 0. The van der Waals surface area contributed by atoms with Gasteiger partial charge in [0, 0.05) is 21.7 Å². The first-order valence-corrected chi connectivity index (χ1v) is 6.03. The van der Waals surface area contributed by atoms with Gasteiger partial charge in [-0.2, -0.15) is 0 Å². The quantitative estimate of drug-likeness (QED) is 0.617. The molecule has 2 bridgehead atoms. The maximum Gasteiger partial charge on any atom is 0.0427 e. The summed E-state index contributed by atoms with van der Waals surface area (Å²) in [6, 6.07) is 1.62. The fraction of sp³-hybridized carbons (Fsp3) is 1.00. The van der Waals surface area contributed by atoms with Crippen LogP contribution in [-0.2, 0) is 0 Å². The first-order valence-electron chi connectivity index (χ1n) is 4.20. The smallest absolute Gasteiger partial charge is 0.0427 e. The predicted molar refractivity (Wildman–Crippen MR) is 54.6 cm³/mol. The molecule has 2 aliphatic rings. The summed E-state index contributed by atoms with van der Waals surface area (Å²) in [6.07, 6.45) is 4.08. The number of nitrogens with zero attached hydrogens (tertiary/aromatic N) is 1. The SMILES string of the molecule is CN1[C@H]2CC[C@@H]1[C@@H](Br)[C@H](Br)C2. The summed E-state index contributed by atoms with van der Waals surface area (Å²) >= 11 is 7.49. The molecule has 2 saturated heterocycles. The molecular weight excluding hydrogens is 270 g/mol. The van der Waals surface area contributed by atoms with Gasteiger partial charge < -0.3 is 0 Å². The van der Waals surface area contributed by atoms with Crippen molar-refractivity contribution in [1.29, 1.82) is 0 Å². The van der Waals surface area contributed by atoms with Crippen LogP contribution in [0.15, 0.2) is 0 Å². The lowest BCUT2D eigenvalue weighted by atomic mass is 10.0. The topological polar surface area (TPSA) is 3.24 Å². The van der Waals surface area contributed by atoms with E-state index in [-0.39, 0.29) is 0 Å². The Morgan fingerprint density at radius 3 is 2.73 bits per heavy atom. The molecule has 2 fully saturated rings. The summed E-state index contributed by atoms with van der Waals surface area (Å²) in [4.78, 5) is 3.89. The molecule has 2 heterocycles. The van der Waals surface area contributed by atoms with E-state index in [1.807, 2.05) is 0 Å². The van der Waals surface area contributed by atoms with E-state index < -0.39 is 0 Å². The van der Waals surface area contributed by atoms with Crippen LogP contribution in [0.3, 0.4) is 0 Å². The highest BCUT2D eigenvalue weighted by molar-refractivity contribution is 9.12. The standard InChI is InChI=1S/C8H13Br2N/c1-11-5-2-3-7(11)8(10)6(9)4-5/h5-8H,2-4H2,1H3/t5-,6+,7+,8-/m0/s1. The van der Waals surface area contributed by atoms with Crippen LogP contribution in [0.2, 0.25) is 0 Å². The second-order valence-corrected chi connectivity index (χ2v) is 5.89. The van der Waals surface area contributed by atoms with Crippen molar-refractivity contribution < 1.29 is 0 Å². The van der Waals surface area contributed by atoms with Crippen LogP contribution in [0.5, 0.6) is 0 Å². The van der Waals surface area contributed by atoms with Crippen LogP contribution in [0.4, 0.5) is 0 Å². The molecule has 2 rings (SSSR count). The maximum atomic E-state index is 3.76. The highest BCUT2D eigenvalue weighted by Gasteiger charge is 2.43. The molecule has 0 radical (unpaired) electrons. The van der Waals surface area contributed by atoms with E-state index in [0.29, 0.717) is 9.65 Å². The third kappa shape index (κ3) is 1.29. The van der Waals surface area contributed by atoms with Gasteiger partial charge in [-0.15, -0.1) is 0 Å². The second kappa shape index (κ2) is 3.00. The summed E-state index contributed by atoms with van der Waals surface area (Å²) in [5.74, 6) is 0. The molecule has 3 heteroatoms. The molecular formula is C8H13Br2N. The van der Waals surface area contributed by atoms with Crippen LogP contribution in [0.25, 0.3) is 0 Å². The van der Waals surface area contributed by atoms with Crippen molar-refractivity contribution in [3.05, 3.63) is 0 Å². The van der Waals surface area contributed by atoms with E-state index in [1.165, 1.54) is 19.3 Å². The van der Waals surface area contributed by atoms with E-state index >= 15 is 0 Å². The van der Waals surface area contributed by atoms with Crippen LogP contribution < -0.4 is 0 Å². The monoisotopic (exact) mass is 281 g/mol. The molecule has 0 unspecified atom stereocenters. The zero-order valence-electron chi connectivity index (χ0n) is 6.63. The van der Waals surface area contributed by atoms with Crippen molar-refractivity contribution >= 4 is 31.9 Å². The van der Waals surface area contributed by atoms with E-state index in [0.717, 1.165) is 12.1 Å². The van der Waals surface area contributed by atoms with E-state index in [2.05, 4.69) is 43.8 Å². The fourth-order valence-corrected chi connectivity index (χ4v) is 3.98. The zero-order chi connectivity index (χ0) is 8.01. The van der Waals surface area contributed by atoms with Gasteiger partial charge in [0.15, 0.2) is 0 Å². The van der Waals surface area contributed by atoms with E-state index in [1.54, 1.807) is 0 Å². The average molecular weight is 283 g/mol. The Morgan fingerprint density at radius 2 is 2.00 bits per heavy atom. The lowest BCUT2D eigenvalue weighted by molar-refractivity contribution is 0.192. The van der Waals surface area contributed by atoms with Crippen molar-refractivity contribution in [1.82, 2.24) is 4.90 Å². The molecule has 0 amide bonds. The predicted octanol–water partition coefficient (Wildman–Crippen LogP) is 2.38. The van der Waals surface area contributed by atoms with Crippen LogP contribution in [0.1, 0.15) is 19.3 Å². The van der Waals surface area contributed by atoms with Crippen LogP contribution >= 0.6 is 31.9 Å². The number of hydrogen-bond acceptors (Lipinski definition) is 1. The summed E-state index contributed by atoms with van der Waals surface area (Å²) in [6.45, 7) is 0. The molecule has 0 saturated carbocycles. The van der Waals surface area contributed by atoms with Crippen molar-refractivity contribution in [2.24, 2.45) is 0 Å². The third-order valence-corrected chi connectivity index (χ3v) is 6.01. The average Bonchev–Trinajstić information content (AvgIpc) is 2.23. The van der Waals surface area contributed by atoms with Gasteiger partial charge in [0.05, 0.1) is 0 Å². The molecule has 0 aromatic heterocycles. The summed E-state index contributed by atoms with van der Waals surface area (Å²) < 4.78 is 0. The lowest BCUT2D eigenvalue weighted by Gasteiger charge is -2.37. The number of rotatable bonds is 0. The largest absolute Gasteiger partial charge is 0.299 e. The zero-order valence-corrected chi connectivity index (χ0v) is 9.81. The maximum absolute atomic E-state index is 3.76. The lowest BCUT2D eigenvalue weighted by Crippen LogP contribution is -2.47. The molecule has 0 spiro atoms. The van der Waals surface area contributed by atoms with Crippen molar-refractivity contribution in [2.45, 2.75) is 41.0 Å². The molecule has 11 heavy (non-hydrogen) atoms. The second-order valence-electron chi connectivity index (χ2n) is 3.66. The third-order valence-electron chi connectivity index (χ3n) is 3.11. The Bertz CT molecular complexity index is 162. The minimum absolute atomic E-state index is 0.659. The Labute approximate surface area is 84.8 Å². The van der Waals surface area contributed by atoms with E-state index in [9.17, 15) is 0 Å². The van der Waals surface area contributed by atoms with Gasteiger partial charge in [0.25, 0.3) is 0 Å². The summed E-state index contributed by atoms with van der Waals surface area (Å²) in [5.41, 5.74) is 0. The number of piperidine rings is 1. The highest BCUT2D eigenvalue weighted by atomic mass is 79.9. The molecule has 0 aromatic rings. The normalized spacial score (nSPS) is 51.5. The Kier molecular flexibility index (Phi) is 2.32. The van der Waals surface area contributed by atoms with Gasteiger partial charge in [-0.3, -0.25) is 4.90 Å². The molecule has 0 aromatic carbocycles. The molecule has 4 atom stereocenters. The molecule has 0 aliphatic carbocycles. The summed E-state index contributed by atoms with van der Waals surface area (Å²) in [5, 5.41) is 0. The van der Waals surface area contributed by atoms with Crippen LogP contribution in [-0.4, -0.2) is 33.7 Å². The number of fused-ring (bicyclic) bond motifs is 2. The van der Waals surface area contributed by atoms with Crippen molar-refractivity contribution in [2.75, 3.05) is 7.05 Å². The first-order chi connectivity index (χ1) is 5.20. The van der Waals surface area contributed by atoms with Gasteiger partial charge in [0.1, 0.15) is 0 Å². The minimum Gasteiger partial charge on any atom is -0.299 e. The fourth-order valence-electron chi connectivity index (χ4n) is 2.34. The minimum atomic E-state index is 0.659. The van der Waals surface area contributed by atoms with Crippen molar-refractivity contribution in [3.63, 3.8) is 0 Å². The number of halogens is 2. The number of alkyl halides is 2. The first kappa shape index (κ1) is 8.52. The Balaban J connectivity index is 2.16. The van der Waals surface area contributed by atoms with E-state index in [4.69, 9.17) is 0 Å². The van der Waals surface area contributed by atoms with Gasteiger partial charge in [-0.25, -0.2) is 0 Å². The van der Waals surface area contributed by atoms with Gasteiger partial charge in [-0.05, 0) is 26.3 Å². The van der Waals surface area contributed by atoms with Gasteiger partial charge >= 0.3 is 0 Å². The summed E-state index contributed by atoms with van der Waals surface area (Å²) in [7, 11) is 2.26. The Hall–Kier alpha value is 0.920. The molecule has 1 nitrogen and oxygen atoms in total. The van der Waals surface area contributed by atoms with Gasteiger partial charge in [-0.1, -0.05) is 31.9 Å². The van der Waals surface area contributed by atoms with Crippen LogP contribution in [0, 0.1) is 0 Å². The molecule has 2 aliphatic heterocycles. The Morgan fingerprint density at radius 1 is 1.27 bits per heavy atom. The molecule has 64 valence electrons. The van der Waals surface area contributed by atoms with Crippen molar-refractivity contribution in [3.8, 4) is 0 Å². The van der Waals surface area contributed by atoms with Gasteiger partial charge in [0.2, 0.25) is 0 Å². The molecule has 0 N–H and O–H groups in total. The highest BCUT2D eigenvalue weighted by Crippen LogP contribution is 2.40.